The quantitative estimate of drug-likeness (QED) is 0.701. The first-order chi connectivity index (χ1) is 6.63. The van der Waals surface area contributed by atoms with Crippen molar-refractivity contribution in [2.75, 3.05) is 33.2 Å². The van der Waals surface area contributed by atoms with E-state index < -0.39 is 5.97 Å². The molecule has 14 heavy (non-hydrogen) atoms. The predicted molar refractivity (Wildman–Crippen MR) is 55.4 cm³/mol. The van der Waals surface area contributed by atoms with E-state index in [4.69, 9.17) is 5.11 Å². The Morgan fingerprint density at radius 3 is 2.86 bits per heavy atom. The van der Waals surface area contributed by atoms with Gasteiger partial charge in [-0.15, -0.1) is 0 Å². The first kappa shape index (κ1) is 11.5. The average Bonchev–Trinajstić information content (AvgIpc) is 2.62. The molecule has 1 N–H and O–H groups in total. The molecule has 0 radical (unpaired) electrons. The summed E-state index contributed by atoms with van der Waals surface area (Å²) in [5, 5.41) is 8.57. The fourth-order valence-electron chi connectivity index (χ4n) is 1.91. The van der Waals surface area contributed by atoms with E-state index in [1.54, 1.807) is 0 Å². The Hall–Kier alpha value is -0.610. The minimum atomic E-state index is -0.706. The maximum absolute atomic E-state index is 10.4. The minimum Gasteiger partial charge on any atom is -0.481 e. The van der Waals surface area contributed by atoms with Gasteiger partial charge in [0.25, 0.3) is 0 Å². The van der Waals surface area contributed by atoms with Crippen LogP contribution >= 0.6 is 0 Å². The number of carboxylic acid groups (broad SMARTS) is 1. The molecule has 0 bridgehead atoms. The van der Waals surface area contributed by atoms with E-state index in [1.807, 2.05) is 7.05 Å². The molecule has 1 aliphatic heterocycles. The lowest BCUT2D eigenvalue weighted by Gasteiger charge is -2.23. The molecule has 1 unspecified atom stereocenters. The Morgan fingerprint density at radius 1 is 1.64 bits per heavy atom. The molecule has 1 fully saturated rings. The molecule has 0 aromatic heterocycles. The highest BCUT2D eigenvalue weighted by atomic mass is 16.4. The molecule has 1 heterocycles. The van der Waals surface area contributed by atoms with E-state index in [9.17, 15) is 4.79 Å². The lowest BCUT2D eigenvalue weighted by Crippen LogP contribution is -2.35. The van der Waals surface area contributed by atoms with E-state index in [1.165, 1.54) is 6.42 Å². The van der Waals surface area contributed by atoms with Crippen LogP contribution in [-0.4, -0.2) is 60.1 Å². The highest BCUT2D eigenvalue weighted by Gasteiger charge is 2.24. The summed E-state index contributed by atoms with van der Waals surface area (Å²) in [6.45, 7) is 6.17. The molecule has 82 valence electrons. The zero-order valence-electron chi connectivity index (χ0n) is 9.07. The molecule has 0 spiro atoms. The van der Waals surface area contributed by atoms with Crippen LogP contribution in [0.25, 0.3) is 0 Å². The summed E-state index contributed by atoms with van der Waals surface area (Å²) >= 11 is 0. The SMILES string of the molecule is CCN1CCC(N(C)CCC(=O)O)C1. The summed E-state index contributed by atoms with van der Waals surface area (Å²) in [5.74, 6) is -0.706. The van der Waals surface area contributed by atoms with Gasteiger partial charge in [-0.2, -0.15) is 0 Å². The fraction of sp³-hybridized carbons (Fsp3) is 0.900. The van der Waals surface area contributed by atoms with E-state index in [0.29, 0.717) is 12.6 Å². The Kier molecular flexibility index (Phi) is 4.35. The summed E-state index contributed by atoms with van der Waals surface area (Å²) in [6, 6.07) is 0.550. The molecule has 1 saturated heterocycles. The summed E-state index contributed by atoms with van der Waals surface area (Å²) in [5.41, 5.74) is 0. The van der Waals surface area contributed by atoms with Crippen molar-refractivity contribution in [3.8, 4) is 0 Å². The third-order valence-electron chi connectivity index (χ3n) is 3.00. The van der Waals surface area contributed by atoms with Gasteiger partial charge < -0.3 is 14.9 Å². The normalized spacial score (nSPS) is 23.2. The zero-order valence-corrected chi connectivity index (χ0v) is 9.07. The maximum atomic E-state index is 10.4. The number of carboxylic acids is 1. The molecule has 0 aromatic rings. The van der Waals surface area contributed by atoms with Gasteiger partial charge in [0, 0.05) is 19.1 Å². The monoisotopic (exact) mass is 200 g/mol. The molecule has 0 saturated carbocycles. The number of aliphatic carboxylic acids is 1. The second-order valence-corrected chi connectivity index (χ2v) is 3.96. The van der Waals surface area contributed by atoms with Gasteiger partial charge in [0.2, 0.25) is 0 Å². The molecular weight excluding hydrogens is 180 g/mol. The Balaban J connectivity index is 2.24. The molecular formula is C10H20N2O2. The molecule has 1 atom stereocenters. The third kappa shape index (κ3) is 3.27. The van der Waals surface area contributed by atoms with Crippen LogP contribution in [0.4, 0.5) is 0 Å². The zero-order chi connectivity index (χ0) is 10.6. The van der Waals surface area contributed by atoms with E-state index in [0.717, 1.165) is 19.6 Å². The van der Waals surface area contributed by atoms with E-state index in [2.05, 4.69) is 16.7 Å². The van der Waals surface area contributed by atoms with Gasteiger partial charge in [-0.05, 0) is 26.6 Å². The summed E-state index contributed by atoms with van der Waals surface area (Å²) < 4.78 is 0. The van der Waals surface area contributed by atoms with Gasteiger partial charge in [-0.25, -0.2) is 0 Å². The van der Waals surface area contributed by atoms with Crippen LogP contribution in [0.15, 0.2) is 0 Å². The summed E-state index contributed by atoms with van der Waals surface area (Å²) in [4.78, 5) is 15.0. The Morgan fingerprint density at radius 2 is 2.36 bits per heavy atom. The molecule has 4 nitrogen and oxygen atoms in total. The first-order valence-electron chi connectivity index (χ1n) is 5.28. The number of likely N-dealkylation sites (tertiary alicyclic amines) is 1. The average molecular weight is 200 g/mol. The highest BCUT2D eigenvalue weighted by molar-refractivity contribution is 5.66. The van der Waals surface area contributed by atoms with Crippen LogP contribution in [0.3, 0.4) is 0 Å². The minimum absolute atomic E-state index is 0.249. The lowest BCUT2D eigenvalue weighted by atomic mass is 10.2. The Bertz CT molecular complexity index is 197. The van der Waals surface area contributed by atoms with Crippen molar-refractivity contribution >= 4 is 5.97 Å². The van der Waals surface area contributed by atoms with Crippen molar-refractivity contribution in [1.29, 1.82) is 0 Å². The van der Waals surface area contributed by atoms with Crippen LogP contribution in [0.5, 0.6) is 0 Å². The van der Waals surface area contributed by atoms with Crippen LogP contribution in [0, 0.1) is 0 Å². The molecule has 1 aliphatic rings. The number of likely N-dealkylation sites (N-methyl/N-ethyl adjacent to an activating group) is 2. The number of hydrogen-bond acceptors (Lipinski definition) is 3. The second-order valence-electron chi connectivity index (χ2n) is 3.96. The predicted octanol–water partition coefficient (Wildman–Crippen LogP) is 0.487. The second kappa shape index (κ2) is 5.32. The Labute approximate surface area is 85.5 Å². The van der Waals surface area contributed by atoms with Gasteiger partial charge in [0.1, 0.15) is 0 Å². The van der Waals surface area contributed by atoms with Gasteiger partial charge in [0.15, 0.2) is 0 Å². The van der Waals surface area contributed by atoms with Gasteiger partial charge in [-0.3, -0.25) is 4.79 Å². The number of carbonyl (C=O) groups is 1. The molecule has 0 aliphatic carbocycles. The van der Waals surface area contributed by atoms with Crippen LogP contribution in [0.2, 0.25) is 0 Å². The van der Waals surface area contributed by atoms with Crippen molar-refractivity contribution in [3.63, 3.8) is 0 Å². The van der Waals surface area contributed by atoms with Gasteiger partial charge in [-0.1, -0.05) is 6.92 Å². The van der Waals surface area contributed by atoms with Crippen LogP contribution in [0.1, 0.15) is 19.8 Å². The van der Waals surface area contributed by atoms with E-state index in [-0.39, 0.29) is 6.42 Å². The standard InChI is InChI=1S/C10H20N2O2/c1-3-12-7-4-9(8-12)11(2)6-5-10(13)14/h9H,3-8H2,1-2H3,(H,13,14). The van der Waals surface area contributed by atoms with Crippen molar-refractivity contribution in [2.24, 2.45) is 0 Å². The number of nitrogens with zero attached hydrogens (tertiary/aromatic N) is 2. The molecule has 4 heteroatoms. The van der Waals surface area contributed by atoms with Gasteiger partial charge in [0.05, 0.1) is 6.42 Å². The van der Waals surface area contributed by atoms with Crippen molar-refractivity contribution in [2.45, 2.75) is 25.8 Å². The smallest absolute Gasteiger partial charge is 0.304 e. The summed E-state index contributed by atoms with van der Waals surface area (Å²) in [7, 11) is 2.02. The summed E-state index contributed by atoms with van der Waals surface area (Å²) in [6.07, 6.45) is 1.42. The van der Waals surface area contributed by atoms with Crippen molar-refractivity contribution in [3.05, 3.63) is 0 Å². The fourth-order valence-corrected chi connectivity index (χ4v) is 1.91. The van der Waals surface area contributed by atoms with Crippen molar-refractivity contribution < 1.29 is 9.90 Å². The van der Waals surface area contributed by atoms with Crippen LogP contribution < -0.4 is 0 Å². The first-order valence-corrected chi connectivity index (χ1v) is 5.28. The third-order valence-corrected chi connectivity index (χ3v) is 3.00. The topological polar surface area (TPSA) is 43.8 Å². The highest BCUT2D eigenvalue weighted by Crippen LogP contribution is 2.13. The number of rotatable bonds is 5. The van der Waals surface area contributed by atoms with Gasteiger partial charge >= 0.3 is 5.97 Å². The molecule has 0 aromatic carbocycles. The van der Waals surface area contributed by atoms with E-state index >= 15 is 0 Å². The largest absolute Gasteiger partial charge is 0.481 e. The van der Waals surface area contributed by atoms with Crippen LogP contribution in [-0.2, 0) is 4.79 Å². The molecule has 1 rings (SSSR count). The van der Waals surface area contributed by atoms with Crippen molar-refractivity contribution in [1.82, 2.24) is 9.80 Å². The lowest BCUT2D eigenvalue weighted by molar-refractivity contribution is -0.137. The molecule has 0 amide bonds. The number of hydrogen-bond donors (Lipinski definition) is 1. The maximum Gasteiger partial charge on any atom is 0.304 e.